The summed E-state index contributed by atoms with van der Waals surface area (Å²) in [5, 5.41) is 12.4. The number of carbonyl (C=O) groups excluding carboxylic acids is 1. The van der Waals surface area contributed by atoms with E-state index >= 15 is 0 Å². The molecule has 0 aliphatic carbocycles. The van der Waals surface area contributed by atoms with E-state index in [1.165, 1.54) is 6.07 Å². The number of nitrogens with one attached hydrogen (secondary N) is 2. The predicted molar refractivity (Wildman–Crippen MR) is 78.6 cm³/mol. The Bertz CT molecular complexity index is 652. The molecule has 0 bridgehead atoms. The number of aromatic carboxylic acids is 1. The van der Waals surface area contributed by atoms with Crippen molar-refractivity contribution < 1.29 is 14.7 Å². The summed E-state index contributed by atoms with van der Waals surface area (Å²) in [5.41, 5.74) is 7.43. The number of carbonyl (C=O) groups is 2. The summed E-state index contributed by atoms with van der Waals surface area (Å²) in [6.45, 7) is 2.55. The van der Waals surface area contributed by atoms with E-state index in [9.17, 15) is 9.59 Å². The predicted octanol–water partition coefficient (Wildman–Crippen LogP) is 1.28. The third-order valence-corrected chi connectivity index (χ3v) is 2.96. The smallest absolute Gasteiger partial charge is 0.335 e. The zero-order chi connectivity index (χ0) is 14.0. The normalized spacial score (nSPS) is 10.1. The van der Waals surface area contributed by atoms with E-state index in [1.807, 2.05) is 0 Å². The lowest BCUT2D eigenvalue weighted by Crippen LogP contribution is -2.29. The first-order valence-electron chi connectivity index (χ1n) is 5.88. The molecule has 0 spiro atoms. The van der Waals surface area contributed by atoms with Gasteiger partial charge in [-0.25, -0.2) is 4.79 Å². The van der Waals surface area contributed by atoms with Gasteiger partial charge < -0.3 is 21.1 Å². The van der Waals surface area contributed by atoms with Gasteiger partial charge in [-0.15, -0.1) is 12.4 Å². The van der Waals surface area contributed by atoms with Crippen LogP contribution in [0.4, 0.5) is 0 Å². The Labute approximate surface area is 121 Å². The third-order valence-electron chi connectivity index (χ3n) is 2.96. The molecule has 2 rings (SSSR count). The minimum Gasteiger partial charge on any atom is -0.478 e. The van der Waals surface area contributed by atoms with Crippen LogP contribution in [0.1, 0.15) is 26.4 Å². The van der Waals surface area contributed by atoms with Crippen LogP contribution in [0.3, 0.4) is 0 Å². The van der Waals surface area contributed by atoms with Gasteiger partial charge in [0.1, 0.15) is 5.69 Å². The van der Waals surface area contributed by atoms with Crippen molar-refractivity contribution >= 4 is 35.2 Å². The molecule has 108 valence electrons. The van der Waals surface area contributed by atoms with Crippen LogP contribution in [0.25, 0.3) is 10.9 Å². The quantitative estimate of drug-likeness (QED) is 0.682. The number of aromatic nitrogens is 1. The average Bonchev–Trinajstić information content (AvgIpc) is 2.73. The Hall–Kier alpha value is -2.05. The van der Waals surface area contributed by atoms with Crippen LogP contribution in [0.15, 0.2) is 18.2 Å². The second-order valence-corrected chi connectivity index (χ2v) is 4.24. The van der Waals surface area contributed by atoms with Gasteiger partial charge in [0.2, 0.25) is 0 Å². The minimum absolute atomic E-state index is 0. The van der Waals surface area contributed by atoms with E-state index in [0.717, 1.165) is 16.5 Å². The highest BCUT2D eigenvalue weighted by molar-refractivity contribution is 6.02. The van der Waals surface area contributed by atoms with Crippen molar-refractivity contribution in [3.05, 3.63) is 35.0 Å². The Balaban J connectivity index is 0.00000200. The number of H-pyrrole nitrogens is 1. The second kappa shape index (κ2) is 6.40. The molecule has 7 heteroatoms. The molecule has 1 heterocycles. The molecule has 0 saturated carbocycles. The van der Waals surface area contributed by atoms with Gasteiger partial charge in [0, 0.05) is 24.0 Å². The van der Waals surface area contributed by atoms with Crippen LogP contribution < -0.4 is 11.1 Å². The number of aryl methyl sites for hydroxylation is 1. The number of rotatable bonds is 4. The van der Waals surface area contributed by atoms with Gasteiger partial charge in [0.05, 0.1) is 5.56 Å². The maximum absolute atomic E-state index is 11.9. The van der Waals surface area contributed by atoms with Crippen LogP contribution in [-0.2, 0) is 0 Å². The van der Waals surface area contributed by atoms with Gasteiger partial charge in [-0.05, 0) is 30.7 Å². The topological polar surface area (TPSA) is 108 Å². The first-order valence-corrected chi connectivity index (χ1v) is 5.88. The highest BCUT2D eigenvalue weighted by Crippen LogP contribution is 2.23. The molecule has 0 aliphatic heterocycles. The molecule has 0 radical (unpaired) electrons. The van der Waals surface area contributed by atoms with Crippen molar-refractivity contribution in [2.45, 2.75) is 6.92 Å². The van der Waals surface area contributed by atoms with Crippen molar-refractivity contribution in [1.29, 1.82) is 0 Å². The molecule has 0 fully saturated rings. The number of carboxylic acids is 1. The molecular weight excluding hydrogens is 282 g/mol. The number of halogens is 1. The SMILES string of the molecule is Cc1c(C(=O)NCCN)[nH]c2ccc(C(=O)O)cc12.Cl. The lowest BCUT2D eigenvalue weighted by molar-refractivity contribution is 0.0696. The van der Waals surface area contributed by atoms with E-state index in [1.54, 1.807) is 19.1 Å². The summed E-state index contributed by atoms with van der Waals surface area (Å²) in [4.78, 5) is 25.8. The fraction of sp³-hybridized carbons (Fsp3) is 0.231. The number of carboxylic acid groups (broad SMARTS) is 1. The van der Waals surface area contributed by atoms with Crippen molar-refractivity contribution in [3.8, 4) is 0 Å². The van der Waals surface area contributed by atoms with Crippen molar-refractivity contribution in [2.75, 3.05) is 13.1 Å². The Morgan fingerprint density at radius 3 is 2.70 bits per heavy atom. The number of hydrogen-bond donors (Lipinski definition) is 4. The fourth-order valence-corrected chi connectivity index (χ4v) is 1.96. The fourth-order valence-electron chi connectivity index (χ4n) is 1.96. The lowest BCUT2D eigenvalue weighted by Gasteiger charge is -2.01. The maximum atomic E-state index is 11.9. The number of aromatic amines is 1. The first kappa shape index (κ1) is 16.0. The van der Waals surface area contributed by atoms with Crippen LogP contribution in [0, 0.1) is 6.92 Å². The van der Waals surface area contributed by atoms with E-state index in [-0.39, 0.29) is 23.9 Å². The van der Waals surface area contributed by atoms with E-state index < -0.39 is 5.97 Å². The van der Waals surface area contributed by atoms with Crippen molar-refractivity contribution in [2.24, 2.45) is 5.73 Å². The largest absolute Gasteiger partial charge is 0.478 e. The van der Waals surface area contributed by atoms with Crippen LogP contribution >= 0.6 is 12.4 Å². The summed E-state index contributed by atoms with van der Waals surface area (Å²) in [6.07, 6.45) is 0. The average molecular weight is 298 g/mol. The zero-order valence-corrected chi connectivity index (χ0v) is 11.7. The number of benzene rings is 1. The van der Waals surface area contributed by atoms with Gasteiger partial charge >= 0.3 is 5.97 Å². The number of amides is 1. The monoisotopic (exact) mass is 297 g/mol. The molecule has 5 N–H and O–H groups in total. The van der Waals surface area contributed by atoms with Gasteiger partial charge in [-0.1, -0.05) is 0 Å². The van der Waals surface area contributed by atoms with Gasteiger partial charge in [0.15, 0.2) is 0 Å². The molecule has 0 atom stereocenters. The van der Waals surface area contributed by atoms with Crippen molar-refractivity contribution in [1.82, 2.24) is 10.3 Å². The van der Waals surface area contributed by atoms with Crippen LogP contribution in [0.5, 0.6) is 0 Å². The molecule has 20 heavy (non-hydrogen) atoms. The van der Waals surface area contributed by atoms with Gasteiger partial charge in [-0.3, -0.25) is 4.79 Å². The summed E-state index contributed by atoms with van der Waals surface area (Å²) < 4.78 is 0. The molecule has 0 aliphatic rings. The van der Waals surface area contributed by atoms with Gasteiger partial charge in [0.25, 0.3) is 5.91 Å². The number of fused-ring (bicyclic) bond motifs is 1. The number of nitrogens with two attached hydrogens (primary N) is 1. The van der Waals surface area contributed by atoms with Gasteiger partial charge in [-0.2, -0.15) is 0 Å². The Kier molecular flexibility index (Phi) is 5.12. The molecule has 1 aromatic carbocycles. The minimum atomic E-state index is -0.989. The molecule has 6 nitrogen and oxygen atoms in total. The van der Waals surface area contributed by atoms with E-state index in [0.29, 0.717) is 18.8 Å². The molecule has 2 aromatic rings. The van der Waals surface area contributed by atoms with E-state index in [4.69, 9.17) is 10.8 Å². The molecule has 1 amide bonds. The third kappa shape index (κ3) is 2.92. The van der Waals surface area contributed by atoms with Crippen molar-refractivity contribution in [3.63, 3.8) is 0 Å². The lowest BCUT2D eigenvalue weighted by atomic mass is 10.1. The molecular formula is C13H16ClN3O3. The zero-order valence-electron chi connectivity index (χ0n) is 10.9. The van der Waals surface area contributed by atoms with Crippen LogP contribution in [-0.4, -0.2) is 35.1 Å². The molecule has 0 unspecified atom stereocenters. The second-order valence-electron chi connectivity index (χ2n) is 4.24. The standard InChI is InChI=1S/C13H15N3O3.ClH/c1-7-9-6-8(13(18)19)2-3-10(9)16-11(7)12(17)15-5-4-14;/h2-3,6,16H,4-5,14H2,1H3,(H,15,17)(H,18,19);1H. The highest BCUT2D eigenvalue weighted by atomic mass is 35.5. The van der Waals surface area contributed by atoms with E-state index in [2.05, 4.69) is 10.3 Å². The molecule has 1 aromatic heterocycles. The summed E-state index contributed by atoms with van der Waals surface area (Å²) in [7, 11) is 0. The summed E-state index contributed by atoms with van der Waals surface area (Å²) in [5.74, 6) is -1.23. The molecule has 0 saturated heterocycles. The summed E-state index contributed by atoms with van der Waals surface area (Å²) >= 11 is 0. The summed E-state index contributed by atoms with van der Waals surface area (Å²) in [6, 6.07) is 4.72. The highest BCUT2D eigenvalue weighted by Gasteiger charge is 2.15. The maximum Gasteiger partial charge on any atom is 0.335 e. The first-order chi connectivity index (χ1) is 9.04. The number of hydrogen-bond acceptors (Lipinski definition) is 3. The van der Waals surface area contributed by atoms with Crippen LogP contribution in [0.2, 0.25) is 0 Å². The Morgan fingerprint density at radius 2 is 2.10 bits per heavy atom. The Morgan fingerprint density at radius 1 is 1.40 bits per heavy atom.